The first-order valence-electron chi connectivity index (χ1n) is 6.53. The monoisotopic (exact) mass is 297 g/mol. The summed E-state index contributed by atoms with van der Waals surface area (Å²) >= 11 is 0. The van der Waals surface area contributed by atoms with Gasteiger partial charge in [-0.2, -0.15) is 0 Å². The highest BCUT2D eigenvalue weighted by atomic mass is 32.2. The van der Waals surface area contributed by atoms with E-state index < -0.39 is 15.9 Å². The first-order valence-corrected chi connectivity index (χ1v) is 8.02. The summed E-state index contributed by atoms with van der Waals surface area (Å²) in [5.41, 5.74) is 6.13. The van der Waals surface area contributed by atoms with Crippen LogP contribution in [-0.4, -0.2) is 33.5 Å². The first kappa shape index (κ1) is 15.0. The maximum atomic E-state index is 12.2. The molecule has 1 saturated heterocycles. The van der Waals surface area contributed by atoms with Crippen LogP contribution in [-0.2, 0) is 10.0 Å². The molecule has 1 atom stereocenters. The summed E-state index contributed by atoms with van der Waals surface area (Å²) in [5, 5.41) is 3.22. The molecule has 0 unspecified atom stereocenters. The second kappa shape index (κ2) is 5.90. The van der Waals surface area contributed by atoms with E-state index in [1.807, 2.05) is 0 Å². The maximum absolute atomic E-state index is 12.2. The lowest BCUT2D eigenvalue weighted by atomic mass is 10.1. The van der Waals surface area contributed by atoms with E-state index in [9.17, 15) is 13.2 Å². The fourth-order valence-electron chi connectivity index (χ4n) is 2.26. The number of hydrogen-bond donors (Lipinski definition) is 3. The summed E-state index contributed by atoms with van der Waals surface area (Å²) < 4.78 is 26.9. The summed E-state index contributed by atoms with van der Waals surface area (Å²) in [6.07, 6.45) is 2.02. The molecule has 1 aliphatic rings. The van der Waals surface area contributed by atoms with Crippen LogP contribution in [0.25, 0.3) is 0 Å². The highest BCUT2D eigenvalue weighted by Crippen LogP contribution is 2.15. The predicted molar refractivity (Wildman–Crippen MR) is 75.9 cm³/mol. The largest absolute Gasteiger partial charge is 0.366 e. The molecule has 1 amide bonds. The molecule has 1 fully saturated rings. The fraction of sp³-hybridized carbons (Fsp3) is 0.462. The number of rotatable bonds is 5. The molecule has 2 rings (SSSR count). The van der Waals surface area contributed by atoms with Gasteiger partial charge in [0.25, 0.3) is 0 Å². The number of hydrogen-bond acceptors (Lipinski definition) is 4. The van der Waals surface area contributed by atoms with Crippen LogP contribution in [0.1, 0.15) is 28.8 Å². The molecule has 0 saturated carbocycles. The van der Waals surface area contributed by atoms with E-state index in [4.69, 9.17) is 5.73 Å². The van der Waals surface area contributed by atoms with Gasteiger partial charge in [0.1, 0.15) is 0 Å². The van der Waals surface area contributed by atoms with Crippen LogP contribution < -0.4 is 15.8 Å². The van der Waals surface area contributed by atoms with Crippen molar-refractivity contribution in [1.29, 1.82) is 0 Å². The van der Waals surface area contributed by atoms with E-state index >= 15 is 0 Å². The quantitative estimate of drug-likeness (QED) is 0.718. The zero-order valence-electron chi connectivity index (χ0n) is 11.3. The SMILES string of the molecule is Cc1ccc(S(=O)(=O)NC[C@@H]2CCCN2)cc1C(N)=O. The molecular formula is C13H19N3O3S. The van der Waals surface area contributed by atoms with Gasteiger partial charge in [0.15, 0.2) is 0 Å². The molecule has 0 aliphatic carbocycles. The minimum Gasteiger partial charge on any atom is -0.366 e. The third-order valence-electron chi connectivity index (χ3n) is 3.47. The van der Waals surface area contributed by atoms with Gasteiger partial charge in [-0.1, -0.05) is 6.07 Å². The maximum Gasteiger partial charge on any atom is 0.249 e. The third kappa shape index (κ3) is 3.36. The fourth-order valence-corrected chi connectivity index (χ4v) is 3.37. The van der Waals surface area contributed by atoms with Crippen LogP contribution in [0.15, 0.2) is 23.1 Å². The molecule has 1 aromatic rings. The van der Waals surface area contributed by atoms with Gasteiger partial charge in [-0.3, -0.25) is 4.79 Å². The lowest BCUT2D eigenvalue weighted by Crippen LogP contribution is -2.37. The lowest BCUT2D eigenvalue weighted by Gasteiger charge is -2.13. The van der Waals surface area contributed by atoms with Gasteiger partial charge in [-0.15, -0.1) is 0 Å². The van der Waals surface area contributed by atoms with E-state index in [2.05, 4.69) is 10.0 Å². The first-order chi connectivity index (χ1) is 9.40. The zero-order chi connectivity index (χ0) is 14.8. The average Bonchev–Trinajstić information content (AvgIpc) is 2.89. The second-order valence-electron chi connectivity index (χ2n) is 4.99. The van der Waals surface area contributed by atoms with Gasteiger partial charge < -0.3 is 11.1 Å². The molecule has 20 heavy (non-hydrogen) atoms. The summed E-state index contributed by atoms with van der Waals surface area (Å²) in [5.74, 6) is -0.628. The normalized spacial score (nSPS) is 19.1. The van der Waals surface area contributed by atoms with Crippen LogP contribution in [0.4, 0.5) is 0 Å². The van der Waals surface area contributed by atoms with E-state index in [0.717, 1.165) is 19.4 Å². The van der Waals surface area contributed by atoms with Crippen molar-refractivity contribution in [2.45, 2.75) is 30.7 Å². The number of amides is 1. The van der Waals surface area contributed by atoms with Gasteiger partial charge in [-0.25, -0.2) is 13.1 Å². The number of sulfonamides is 1. The van der Waals surface area contributed by atoms with E-state index in [1.165, 1.54) is 12.1 Å². The lowest BCUT2D eigenvalue weighted by molar-refractivity contribution is 0.0999. The van der Waals surface area contributed by atoms with E-state index in [-0.39, 0.29) is 16.5 Å². The number of nitrogens with two attached hydrogens (primary N) is 1. The van der Waals surface area contributed by atoms with Gasteiger partial charge in [0, 0.05) is 18.2 Å². The van der Waals surface area contributed by atoms with Gasteiger partial charge >= 0.3 is 0 Å². The molecule has 1 aromatic carbocycles. The highest BCUT2D eigenvalue weighted by Gasteiger charge is 2.20. The molecule has 1 aliphatic heterocycles. The minimum absolute atomic E-state index is 0.0647. The van der Waals surface area contributed by atoms with Crippen molar-refractivity contribution in [1.82, 2.24) is 10.0 Å². The summed E-state index contributed by atoms with van der Waals surface area (Å²) in [6.45, 7) is 2.98. The Balaban J connectivity index is 2.16. The van der Waals surface area contributed by atoms with Crippen LogP contribution in [0.3, 0.4) is 0 Å². The Hall–Kier alpha value is -1.44. The minimum atomic E-state index is -3.62. The Morgan fingerprint density at radius 1 is 1.50 bits per heavy atom. The van der Waals surface area contributed by atoms with Crippen molar-refractivity contribution in [2.75, 3.05) is 13.1 Å². The van der Waals surface area contributed by atoms with Crippen LogP contribution in [0.5, 0.6) is 0 Å². The number of carbonyl (C=O) groups excluding carboxylic acids is 1. The zero-order valence-corrected chi connectivity index (χ0v) is 12.2. The number of nitrogens with one attached hydrogen (secondary N) is 2. The third-order valence-corrected chi connectivity index (χ3v) is 4.89. The Bertz CT molecular complexity index is 607. The summed E-state index contributed by atoms with van der Waals surface area (Å²) in [4.78, 5) is 11.3. The number of primary amides is 1. The Kier molecular flexibility index (Phi) is 4.42. The molecule has 0 bridgehead atoms. The van der Waals surface area contributed by atoms with Gasteiger partial charge in [0.05, 0.1) is 4.90 Å². The standard InChI is InChI=1S/C13H19N3O3S/c1-9-4-5-11(7-12(9)13(14)17)20(18,19)16-8-10-3-2-6-15-10/h4-5,7,10,15-16H,2-3,6,8H2,1H3,(H2,14,17)/t10-/m0/s1. The van der Waals surface area contributed by atoms with Crippen molar-refractivity contribution in [3.05, 3.63) is 29.3 Å². The molecule has 0 aromatic heterocycles. The number of carbonyl (C=O) groups is 1. The molecule has 110 valence electrons. The number of aryl methyl sites for hydroxylation is 1. The van der Waals surface area contributed by atoms with Gasteiger partial charge in [-0.05, 0) is 44.0 Å². The molecule has 1 heterocycles. The molecule has 0 spiro atoms. The number of benzene rings is 1. The van der Waals surface area contributed by atoms with Crippen molar-refractivity contribution in [2.24, 2.45) is 5.73 Å². The van der Waals surface area contributed by atoms with Crippen molar-refractivity contribution < 1.29 is 13.2 Å². The molecule has 6 nitrogen and oxygen atoms in total. The topological polar surface area (TPSA) is 101 Å². The van der Waals surface area contributed by atoms with Crippen molar-refractivity contribution in [3.8, 4) is 0 Å². The molecule has 7 heteroatoms. The van der Waals surface area contributed by atoms with E-state index in [0.29, 0.717) is 12.1 Å². The highest BCUT2D eigenvalue weighted by molar-refractivity contribution is 7.89. The Morgan fingerprint density at radius 3 is 2.85 bits per heavy atom. The van der Waals surface area contributed by atoms with Crippen LogP contribution in [0.2, 0.25) is 0 Å². The molecular weight excluding hydrogens is 278 g/mol. The van der Waals surface area contributed by atoms with E-state index in [1.54, 1.807) is 13.0 Å². The van der Waals surface area contributed by atoms with Crippen molar-refractivity contribution in [3.63, 3.8) is 0 Å². The van der Waals surface area contributed by atoms with Crippen LogP contribution in [0, 0.1) is 6.92 Å². The second-order valence-corrected chi connectivity index (χ2v) is 6.75. The Morgan fingerprint density at radius 2 is 2.25 bits per heavy atom. The van der Waals surface area contributed by atoms with Gasteiger partial charge in [0.2, 0.25) is 15.9 Å². The average molecular weight is 297 g/mol. The molecule has 4 N–H and O–H groups in total. The van der Waals surface area contributed by atoms with Crippen LogP contribution >= 0.6 is 0 Å². The smallest absolute Gasteiger partial charge is 0.249 e. The van der Waals surface area contributed by atoms with Crippen molar-refractivity contribution >= 4 is 15.9 Å². The molecule has 0 radical (unpaired) electrons. The Labute approximate surface area is 118 Å². The summed E-state index contributed by atoms with van der Waals surface area (Å²) in [6, 6.07) is 4.56. The predicted octanol–water partition coefficient (Wildman–Crippen LogP) is 0.124. The summed E-state index contributed by atoms with van der Waals surface area (Å²) in [7, 11) is -3.62.